The van der Waals surface area contributed by atoms with Crippen LogP contribution in [0.15, 0.2) is 24.3 Å². The number of amides is 1. The molecule has 21 heavy (non-hydrogen) atoms. The minimum Gasteiger partial charge on any atom is -0.327 e. The van der Waals surface area contributed by atoms with Crippen LogP contribution in [-0.4, -0.2) is 18.1 Å². The number of aryl methyl sites for hydroxylation is 1. The summed E-state index contributed by atoms with van der Waals surface area (Å²) in [4.78, 5) is 11.9. The summed E-state index contributed by atoms with van der Waals surface area (Å²) >= 11 is 0. The molecule has 0 fully saturated rings. The van der Waals surface area contributed by atoms with Gasteiger partial charge < -0.3 is 11.1 Å². The minimum absolute atomic E-state index is 0. The monoisotopic (exact) mass is 324 g/mol. The number of alkyl halides is 3. The van der Waals surface area contributed by atoms with E-state index >= 15 is 0 Å². The highest BCUT2D eigenvalue weighted by atomic mass is 35.5. The van der Waals surface area contributed by atoms with Crippen molar-refractivity contribution >= 4 is 24.0 Å². The molecule has 2 atom stereocenters. The van der Waals surface area contributed by atoms with Crippen molar-refractivity contribution in [1.29, 1.82) is 0 Å². The molecule has 0 saturated carbocycles. The summed E-state index contributed by atoms with van der Waals surface area (Å²) in [6.45, 7) is 3.39. The summed E-state index contributed by atoms with van der Waals surface area (Å²) in [5.41, 5.74) is 6.51. The fraction of sp³-hybridized carbons (Fsp3) is 0.500. The summed E-state index contributed by atoms with van der Waals surface area (Å²) in [5, 5.41) is 2.64. The normalized spacial score (nSPS) is 14.0. The van der Waals surface area contributed by atoms with Crippen molar-refractivity contribution in [2.75, 3.05) is 5.32 Å². The predicted octanol–water partition coefficient (Wildman–Crippen LogP) is 3.53. The van der Waals surface area contributed by atoms with Gasteiger partial charge >= 0.3 is 6.18 Å². The number of benzene rings is 1. The Hall–Kier alpha value is -1.27. The number of halogens is 4. The molecule has 3 nitrogen and oxygen atoms in total. The van der Waals surface area contributed by atoms with E-state index in [1.54, 1.807) is 38.1 Å². The standard InChI is InChI=1S/C14H19F3N2O.ClH/c1-9(10(2)18)13(20)19-12-6-4-3-5-11(12)7-8-14(15,16)17;/h3-6,9-10H,7-8,18H2,1-2H3,(H,19,20);1H. The van der Waals surface area contributed by atoms with Gasteiger partial charge in [-0.1, -0.05) is 25.1 Å². The van der Waals surface area contributed by atoms with Crippen LogP contribution in [0.5, 0.6) is 0 Å². The van der Waals surface area contributed by atoms with Gasteiger partial charge in [0.1, 0.15) is 0 Å². The van der Waals surface area contributed by atoms with Crippen molar-refractivity contribution in [3.8, 4) is 0 Å². The van der Waals surface area contributed by atoms with E-state index in [0.29, 0.717) is 11.3 Å². The Labute approximate surface area is 128 Å². The number of nitrogens with two attached hydrogens (primary N) is 1. The van der Waals surface area contributed by atoms with Crippen LogP contribution in [-0.2, 0) is 11.2 Å². The van der Waals surface area contributed by atoms with E-state index in [1.165, 1.54) is 0 Å². The van der Waals surface area contributed by atoms with Gasteiger partial charge in [0, 0.05) is 18.2 Å². The number of hydrogen-bond donors (Lipinski definition) is 2. The molecule has 2 unspecified atom stereocenters. The van der Waals surface area contributed by atoms with Crippen LogP contribution in [0, 0.1) is 5.92 Å². The third-order valence-electron chi connectivity index (χ3n) is 3.16. The molecule has 0 aliphatic heterocycles. The molecule has 0 aliphatic carbocycles. The molecule has 0 aliphatic rings. The zero-order chi connectivity index (χ0) is 15.3. The first-order valence-corrected chi connectivity index (χ1v) is 6.42. The Kier molecular flexibility index (Phi) is 7.74. The van der Waals surface area contributed by atoms with Crippen molar-refractivity contribution < 1.29 is 18.0 Å². The minimum atomic E-state index is -4.21. The first-order valence-electron chi connectivity index (χ1n) is 6.42. The third kappa shape index (κ3) is 6.82. The van der Waals surface area contributed by atoms with Crippen molar-refractivity contribution in [2.45, 2.75) is 38.9 Å². The van der Waals surface area contributed by atoms with Gasteiger partial charge in [0.25, 0.3) is 0 Å². The quantitative estimate of drug-likeness (QED) is 0.870. The van der Waals surface area contributed by atoms with Gasteiger partial charge in [0.15, 0.2) is 0 Å². The van der Waals surface area contributed by atoms with Gasteiger partial charge in [0.2, 0.25) is 5.91 Å². The fourth-order valence-electron chi connectivity index (χ4n) is 1.62. The molecule has 7 heteroatoms. The van der Waals surface area contributed by atoms with Crippen LogP contribution in [0.2, 0.25) is 0 Å². The fourth-order valence-corrected chi connectivity index (χ4v) is 1.62. The molecular formula is C14H20ClF3N2O. The second-order valence-electron chi connectivity index (χ2n) is 4.91. The largest absolute Gasteiger partial charge is 0.389 e. The van der Waals surface area contributed by atoms with Gasteiger partial charge in [-0.2, -0.15) is 13.2 Å². The molecule has 0 spiro atoms. The Morgan fingerprint density at radius 1 is 1.29 bits per heavy atom. The third-order valence-corrected chi connectivity index (χ3v) is 3.16. The van der Waals surface area contributed by atoms with E-state index in [4.69, 9.17) is 5.73 Å². The highest BCUT2D eigenvalue weighted by Crippen LogP contribution is 2.25. The van der Waals surface area contributed by atoms with Crippen LogP contribution in [0.1, 0.15) is 25.8 Å². The van der Waals surface area contributed by atoms with E-state index < -0.39 is 18.5 Å². The molecule has 1 amide bonds. The lowest BCUT2D eigenvalue weighted by Gasteiger charge is -2.17. The number of rotatable bonds is 5. The molecule has 0 bridgehead atoms. The zero-order valence-corrected chi connectivity index (χ0v) is 12.7. The van der Waals surface area contributed by atoms with E-state index in [9.17, 15) is 18.0 Å². The average molecular weight is 325 g/mol. The van der Waals surface area contributed by atoms with Crippen molar-refractivity contribution in [3.05, 3.63) is 29.8 Å². The van der Waals surface area contributed by atoms with Crippen LogP contribution >= 0.6 is 12.4 Å². The second-order valence-corrected chi connectivity index (χ2v) is 4.91. The van der Waals surface area contributed by atoms with Gasteiger partial charge in [-0.15, -0.1) is 12.4 Å². The van der Waals surface area contributed by atoms with Gasteiger partial charge in [-0.05, 0) is 25.0 Å². The van der Waals surface area contributed by atoms with Crippen LogP contribution < -0.4 is 11.1 Å². The molecule has 1 rings (SSSR count). The van der Waals surface area contributed by atoms with E-state index in [-0.39, 0.29) is 30.8 Å². The maximum absolute atomic E-state index is 12.3. The topological polar surface area (TPSA) is 55.1 Å². The molecule has 0 radical (unpaired) electrons. The van der Waals surface area contributed by atoms with Crippen LogP contribution in [0.25, 0.3) is 0 Å². The second kappa shape index (κ2) is 8.24. The molecular weight excluding hydrogens is 305 g/mol. The number of anilines is 1. The molecule has 0 heterocycles. The number of hydrogen-bond acceptors (Lipinski definition) is 2. The maximum Gasteiger partial charge on any atom is 0.389 e. The van der Waals surface area contributed by atoms with E-state index in [2.05, 4.69) is 5.32 Å². The van der Waals surface area contributed by atoms with Gasteiger partial charge in [-0.3, -0.25) is 4.79 Å². The summed E-state index contributed by atoms with van der Waals surface area (Å²) in [6, 6.07) is 6.17. The Bertz CT molecular complexity index is 464. The van der Waals surface area contributed by atoms with Gasteiger partial charge in [0.05, 0.1) is 5.92 Å². The molecule has 1 aromatic carbocycles. The Balaban J connectivity index is 0.00000400. The highest BCUT2D eigenvalue weighted by molar-refractivity contribution is 5.93. The summed E-state index contributed by atoms with van der Waals surface area (Å²) in [6.07, 6.45) is -5.29. The van der Waals surface area contributed by atoms with Crippen molar-refractivity contribution in [3.63, 3.8) is 0 Å². The lowest BCUT2D eigenvalue weighted by Crippen LogP contribution is -2.34. The first-order chi connectivity index (χ1) is 9.20. The zero-order valence-electron chi connectivity index (χ0n) is 11.9. The number of nitrogens with one attached hydrogen (secondary N) is 1. The van der Waals surface area contributed by atoms with E-state index in [0.717, 1.165) is 0 Å². The smallest absolute Gasteiger partial charge is 0.327 e. The lowest BCUT2D eigenvalue weighted by atomic mass is 10.0. The van der Waals surface area contributed by atoms with Crippen LogP contribution in [0.3, 0.4) is 0 Å². The van der Waals surface area contributed by atoms with Gasteiger partial charge in [-0.25, -0.2) is 0 Å². The highest BCUT2D eigenvalue weighted by Gasteiger charge is 2.27. The van der Waals surface area contributed by atoms with Crippen molar-refractivity contribution in [2.24, 2.45) is 11.7 Å². The Morgan fingerprint density at radius 2 is 1.86 bits per heavy atom. The molecule has 0 aromatic heterocycles. The molecule has 3 N–H and O–H groups in total. The summed E-state index contributed by atoms with van der Waals surface area (Å²) < 4.78 is 36.8. The average Bonchev–Trinajstić information content (AvgIpc) is 2.35. The maximum atomic E-state index is 12.3. The molecule has 120 valence electrons. The number of para-hydroxylation sites is 1. The predicted molar refractivity (Wildman–Crippen MR) is 79.5 cm³/mol. The molecule has 0 saturated heterocycles. The number of carbonyl (C=O) groups excluding carboxylic acids is 1. The Morgan fingerprint density at radius 3 is 2.38 bits per heavy atom. The molecule has 1 aromatic rings. The summed E-state index contributed by atoms with van der Waals surface area (Å²) in [5.74, 6) is -0.704. The lowest BCUT2D eigenvalue weighted by molar-refractivity contribution is -0.133. The van der Waals surface area contributed by atoms with Crippen molar-refractivity contribution in [1.82, 2.24) is 0 Å². The first kappa shape index (κ1) is 19.7. The van der Waals surface area contributed by atoms with E-state index in [1.807, 2.05) is 0 Å². The SMILES string of the molecule is CC(N)C(C)C(=O)Nc1ccccc1CCC(F)(F)F.Cl. The number of carbonyl (C=O) groups is 1. The van der Waals surface area contributed by atoms with Crippen LogP contribution in [0.4, 0.5) is 18.9 Å². The summed E-state index contributed by atoms with van der Waals surface area (Å²) in [7, 11) is 0.